The molecule has 0 atom stereocenters. The first-order chi connectivity index (χ1) is 37.2. The van der Waals surface area contributed by atoms with Crippen LogP contribution in [0, 0.1) is 11.8 Å². The Hall–Kier alpha value is -6.94. The lowest BCUT2D eigenvalue weighted by Crippen LogP contribution is -2.17. The summed E-state index contributed by atoms with van der Waals surface area (Å²) in [6.45, 7) is 8.99. The van der Waals surface area contributed by atoms with Gasteiger partial charge in [-0.3, -0.25) is 9.59 Å². The third-order valence-electron chi connectivity index (χ3n) is 15.1. The Kier molecular flexibility index (Phi) is 23.3. The Morgan fingerprint density at radius 1 is 0.408 bits per heavy atom. The Bertz CT molecular complexity index is 2390. The van der Waals surface area contributed by atoms with Crippen LogP contribution in [0.5, 0.6) is 23.0 Å². The predicted octanol–water partition coefficient (Wildman–Crippen LogP) is 15.7. The molecule has 0 bridgehead atoms. The normalized spacial score (nSPS) is 17.2. The zero-order valence-corrected chi connectivity index (χ0v) is 44.5. The standard InChI is InChI=1S/C66H78O10/c1-3-63(67)73-47-13-7-5-11-45-71-59-39-35-57(36-40-59)55-31-27-53(28-32-55)51-23-17-49(18-24-51)21-43-65(69)75-61-15-9-10-16-62(61)76-66(70)44-22-50-19-25-52(26-20-50)54-29-33-56(34-30-54)58-37-41-60(42-38-58)72-46-12-6-8-14-48-74-64(68)4-2/h3-4,9-10,15-16,27-42,49-52H,1-2,5-8,11-14,17-26,43-48H2/t49-,50-,51-,52-. The maximum atomic E-state index is 13.1. The summed E-state index contributed by atoms with van der Waals surface area (Å²) in [5.41, 5.74) is 7.41. The highest BCUT2D eigenvalue weighted by atomic mass is 16.6. The highest BCUT2D eigenvalue weighted by Crippen LogP contribution is 2.40. The SMILES string of the molecule is C=CC(=O)OCCCCCCOc1ccc(-c2ccc([C@H]3CC[C@H](CCC(=O)Oc4ccccc4OC(=O)CC[C@H]4CC[C@H](c5ccc(-c6ccc(OCCCCCCOC(=O)C=C)cc6)cc5)CC4)CC3)cc2)cc1. The first-order valence-corrected chi connectivity index (χ1v) is 28.0. The topological polar surface area (TPSA) is 124 Å². The van der Waals surface area contributed by atoms with Crippen molar-refractivity contribution in [2.75, 3.05) is 26.4 Å². The maximum Gasteiger partial charge on any atom is 0.330 e. The molecule has 402 valence electrons. The van der Waals surface area contributed by atoms with Crippen LogP contribution in [0.2, 0.25) is 0 Å². The van der Waals surface area contributed by atoms with Gasteiger partial charge in [-0.1, -0.05) is 98.1 Å². The summed E-state index contributed by atoms with van der Waals surface area (Å²) in [6.07, 6.45) is 20.9. The number of esters is 4. The van der Waals surface area contributed by atoms with Gasteiger partial charge in [-0.15, -0.1) is 0 Å². The van der Waals surface area contributed by atoms with Gasteiger partial charge in [-0.25, -0.2) is 9.59 Å². The van der Waals surface area contributed by atoms with Gasteiger partial charge in [0.05, 0.1) is 26.4 Å². The summed E-state index contributed by atoms with van der Waals surface area (Å²) in [7, 11) is 0. The van der Waals surface area contributed by atoms with Crippen molar-refractivity contribution in [3.8, 4) is 45.3 Å². The summed E-state index contributed by atoms with van der Waals surface area (Å²) in [5.74, 6) is 2.94. The molecule has 2 aliphatic carbocycles. The summed E-state index contributed by atoms with van der Waals surface area (Å²) < 4.78 is 33.5. The Morgan fingerprint density at radius 3 is 1.08 bits per heavy atom. The van der Waals surface area contributed by atoms with Crippen molar-refractivity contribution in [2.45, 2.75) is 140 Å². The van der Waals surface area contributed by atoms with Crippen LogP contribution >= 0.6 is 0 Å². The van der Waals surface area contributed by atoms with E-state index in [0.29, 0.717) is 74.4 Å². The highest BCUT2D eigenvalue weighted by Gasteiger charge is 2.26. The second-order valence-corrected chi connectivity index (χ2v) is 20.5. The zero-order valence-electron chi connectivity index (χ0n) is 44.5. The molecule has 10 heteroatoms. The van der Waals surface area contributed by atoms with Crippen molar-refractivity contribution in [3.05, 3.63) is 158 Å². The minimum absolute atomic E-state index is 0.293. The molecule has 7 rings (SSSR count). The predicted molar refractivity (Wildman–Crippen MR) is 300 cm³/mol. The average Bonchev–Trinajstić information content (AvgIpc) is 3.46. The third-order valence-corrected chi connectivity index (χ3v) is 15.1. The van der Waals surface area contributed by atoms with Crippen LogP contribution in [0.4, 0.5) is 0 Å². The molecule has 2 aliphatic rings. The molecule has 0 radical (unpaired) electrons. The minimum Gasteiger partial charge on any atom is -0.494 e. The van der Waals surface area contributed by atoms with Crippen molar-refractivity contribution in [3.63, 3.8) is 0 Å². The van der Waals surface area contributed by atoms with Gasteiger partial charge in [0.15, 0.2) is 11.5 Å². The number of rotatable bonds is 30. The summed E-state index contributed by atoms with van der Waals surface area (Å²) in [4.78, 5) is 48.5. The molecule has 0 heterocycles. The van der Waals surface area contributed by atoms with Crippen molar-refractivity contribution in [1.82, 2.24) is 0 Å². The Balaban J connectivity index is 0.737. The molecule has 0 aromatic heterocycles. The van der Waals surface area contributed by atoms with E-state index in [-0.39, 0.29) is 23.9 Å². The molecule has 5 aromatic rings. The van der Waals surface area contributed by atoms with Gasteiger partial charge in [-0.05, 0) is 209 Å². The first-order valence-electron chi connectivity index (χ1n) is 28.0. The van der Waals surface area contributed by atoms with E-state index in [1.807, 2.05) is 24.3 Å². The van der Waals surface area contributed by atoms with Crippen molar-refractivity contribution < 1.29 is 47.6 Å². The number of benzene rings is 5. The summed E-state index contributed by atoms with van der Waals surface area (Å²) in [5, 5.41) is 0. The number of ether oxygens (including phenoxy) is 6. The van der Waals surface area contributed by atoms with Crippen molar-refractivity contribution >= 4 is 23.9 Å². The molecule has 0 spiro atoms. The van der Waals surface area contributed by atoms with Gasteiger partial charge >= 0.3 is 23.9 Å². The molecule has 0 saturated heterocycles. The first kappa shape index (κ1) is 56.8. The van der Waals surface area contributed by atoms with Crippen LogP contribution in [0.1, 0.15) is 151 Å². The molecule has 5 aromatic carbocycles. The third kappa shape index (κ3) is 19.0. The molecule has 2 saturated carbocycles. The largest absolute Gasteiger partial charge is 0.494 e. The molecule has 0 aliphatic heterocycles. The van der Waals surface area contributed by atoms with E-state index < -0.39 is 0 Å². The van der Waals surface area contributed by atoms with E-state index in [1.54, 1.807) is 24.3 Å². The van der Waals surface area contributed by atoms with E-state index in [2.05, 4.69) is 86.0 Å². The smallest absolute Gasteiger partial charge is 0.330 e. The van der Waals surface area contributed by atoms with Crippen molar-refractivity contribution in [1.29, 1.82) is 0 Å². The molecule has 0 N–H and O–H groups in total. The quantitative estimate of drug-likeness (QED) is 0.0190. The van der Waals surface area contributed by atoms with E-state index in [4.69, 9.17) is 28.4 Å². The van der Waals surface area contributed by atoms with Crippen LogP contribution in [0.25, 0.3) is 22.3 Å². The lowest BCUT2D eigenvalue weighted by atomic mass is 9.77. The monoisotopic (exact) mass is 1030 g/mol. The van der Waals surface area contributed by atoms with Crippen LogP contribution in [-0.4, -0.2) is 50.3 Å². The Morgan fingerprint density at radius 2 is 0.737 bits per heavy atom. The maximum absolute atomic E-state index is 13.1. The van der Waals surface area contributed by atoms with Gasteiger partial charge in [0.2, 0.25) is 0 Å². The molecular weight excluding hydrogens is 953 g/mol. The molecule has 0 amide bonds. The molecular formula is C66H78O10. The van der Waals surface area contributed by atoms with E-state index in [9.17, 15) is 19.2 Å². The number of carbonyl (C=O) groups is 4. The second kappa shape index (κ2) is 31.2. The molecule has 76 heavy (non-hydrogen) atoms. The van der Waals surface area contributed by atoms with E-state index in [1.165, 1.54) is 34.4 Å². The number of carbonyl (C=O) groups excluding carboxylic acids is 4. The lowest BCUT2D eigenvalue weighted by molar-refractivity contribution is -0.138. The molecule has 10 nitrogen and oxygen atoms in total. The Labute approximate surface area is 451 Å². The lowest BCUT2D eigenvalue weighted by Gasteiger charge is -2.29. The van der Waals surface area contributed by atoms with Crippen molar-refractivity contribution in [2.24, 2.45) is 11.8 Å². The summed E-state index contributed by atoms with van der Waals surface area (Å²) >= 11 is 0. The van der Waals surface area contributed by atoms with Gasteiger partial charge < -0.3 is 28.4 Å². The van der Waals surface area contributed by atoms with Crippen LogP contribution in [0.3, 0.4) is 0 Å². The van der Waals surface area contributed by atoms with Gasteiger partial charge in [0.1, 0.15) is 11.5 Å². The minimum atomic E-state index is -0.370. The second-order valence-electron chi connectivity index (χ2n) is 20.5. The van der Waals surface area contributed by atoms with Gasteiger partial charge in [-0.2, -0.15) is 0 Å². The molecule has 0 unspecified atom stereocenters. The van der Waals surface area contributed by atoms with Crippen LogP contribution < -0.4 is 18.9 Å². The fourth-order valence-corrected chi connectivity index (χ4v) is 10.5. The van der Waals surface area contributed by atoms with Crippen LogP contribution in [0.15, 0.2) is 147 Å². The number of hydrogen-bond donors (Lipinski definition) is 0. The van der Waals surface area contributed by atoms with Crippen LogP contribution in [-0.2, 0) is 28.7 Å². The van der Waals surface area contributed by atoms with E-state index >= 15 is 0 Å². The fourth-order valence-electron chi connectivity index (χ4n) is 10.5. The van der Waals surface area contributed by atoms with Gasteiger partial charge in [0.25, 0.3) is 0 Å². The van der Waals surface area contributed by atoms with E-state index in [0.717, 1.165) is 138 Å². The summed E-state index contributed by atoms with van der Waals surface area (Å²) in [6, 6.07) is 41.4. The number of hydrogen-bond acceptors (Lipinski definition) is 10. The number of unbranched alkanes of at least 4 members (excludes halogenated alkanes) is 6. The molecule has 2 fully saturated rings. The number of para-hydroxylation sites is 2. The zero-order chi connectivity index (χ0) is 53.2. The fraction of sp³-hybridized carbons (Fsp3) is 0.424. The van der Waals surface area contributed by atoms with Gasteiger partial charge in [0, 0.05) is 25.0 Å². The highest BCUT2D eigenvalue weighted by molar-refractivity contribution is 5.81. The average molecular weight is 1030 g/mol.